The molecule has 0 aromatic heterocycles. The fourth-order valence-corrected chi connectivity index (χ4v) is 1.91. The van der Waals surface area contributed by atoms with Gasteiger partial charge in [-0.3, -0.25) is 0 Å². The first-order chi connectivity index (χ1) is 7.66. The fraction of sp³-hybridized carbons (Fsp3) is 0.143. The van der Waals surface area contributed by atoms with Crippen LogP contribution in [-0.2, 0) is 6.42 Å². The van der Waals surface area contributed by atoms with E-state index in [-0.39, 0.29) is 5.82 Å². The van der Waals surface area contributed by atoms with Gasteiger partial charge in [0.15, 0.2) is 0 Å². The second kappa shape index (κ2) is 4.67. The normalized spacial score (nSPS) is 10.4. The average Bonchev–Trinajstić information content (AvgIpc) is 2.25. The van der Waals surface area contributed by atoms with Crippen molar-refractivity contribution in [2.75, 3.05) is 0 Å². The molecule has 2 aromatic rings. The van der Waals surface area contributed by atoms with Crippen molar-refractivity contribution in [1.82, 2.24) is 0 Å². The minimum absolute atomic E-state index is 0.194. The molecule has 0 saturated carbocycles. The van der Waals surface area contributed by atoms with Gasteiger partial charge in [-0.05, 0) is 48.2 Å². The van der Waals surface area contributed by atoms with E-state index in [1.54, 1.807) is 6.07 Å². The lowest BCUT2D eigenvalue weighted by Crippen LogP contribution is -1.93. The van der Waals surface area contributed by atoms with E-state index >= 15 is 0 Å². The molecule has 0 nitrogen and oxygen atoms in total. The molecule has 0 unspecified atom stereocenters. The number of halogens is 2. The van der Waals surface area contributed by atoms with Crippen LogP contribution in [0.4, 0.5) is 4.39 Å². The predicted octanol–water partition coefficient (Wildman–Crippen LogP) is 4.38. The molecular weight excluding hydrogens is 223 g/mol. The van der Waals surface area contributed by atoms with Crippen molar-refractivity contribution in [1.29, 1.82) is 0 Å². The van der Waals surface area contributed by atoms with Crippen molar-refractivity contribution >= 4 is 11.6 Å². The minimum Gasteiger partial charge on any atom is -0.207 e. The number of rotatable bonds is 2. The van der Waals surface area contributed by atoms with E-state index in [9.17, 15) is 4.39 Å². The summed E-state index contributed by atoms with van der Waals surface area (Å²) in [7, 11) is 0. The van der Waals surface area contributed by atoms with Crippen LogP contribution in [-0.4, -0.2) is 0 Å². The Labute approximate surface area is 99.7 Å². The molecule has 0 amide bonds. The van der Waals surface area contributed by atoms with Crippen molar-refractivity contribution in [3.63, 3.8) is 0 Å². The van der Waals surface area contributed by atoms with Gasteiger partial charge in [-0.2, -0.15) is 0 Å². The van der Waals surface area contributed by atoms with Crippen LogP contribution in [0.5, 0.6) is 0 Å². The van der Waals surface area contributed by atoms with Gasteiger partial charge in [0.05, 0.1) is 0 Å². The summed E-state index contributed by atoms with van der Waals surface area (Å²) in [5.74, 6) is -0.194. The van der Waals surface area contributed by atoms with E-state index in [2.05, 4.69) is 0 Å². The lowest BCUT2D eigenvalue weighted by atomic mass is 10.0. The molecule has 0 heterocycles. The molecule has 0 aliphatic heterocycles. The minimum atomic E-state index is -0.194. The molecule has 0 bridgehead atoms. The number of hydrogen-bond donors (Lipinski definition) is 0. The summed E-state index contributed by atoms with van der Waals surface area (Å²) in [6, 6.07) is 12.6. The number of aryl methyl sites for hydroxylation is 1. The van der Waals surface area contributed by atoms with E-state index < -0.39 is 0 Å². The van der Waals surface area contributed by atoms with Gasteiger partial charge >= 0.3 is 0 Å². The molecule has 0 spiro atoms. The van der Waals surface area contributed by atoms with Crippen LogP contribution >= 0.6 is 11.6 Å². The second-order valence-electron chi connectivity index (χ2n) is 3.84. The molecule has 0 aliphatic rings. The van der Waals surface area contributed by atoms with Gasteiger partial charge in [-0.1, -0.05) is 35.9 Å². The Bertz CT molecular complexity index is 506. The Morgan fingerprint density at radius 1 is 1.06 bits per heavy atom. The molecule has 16 heavy (non-hydrogen) atoms. The standard InChI is InChI=1S/C14H12ClF/c1-10-8-13(16)7-6-11(10)9-12-4-2-3-5-14(12)15/h2-8H,9H2,1H3. The highest BCUT2D eigenvalue weighted by Gasteiger charge is 2.04. The smallest absolute Gasteiger partial charge is 0.123 e. The fourth-order valence-electron chi connectivity index (χ4n) is 1.70. The molecule has 2 aromatic carbocycles. The second-order valence-corrected chi connectivity index (χ2v) is 4.25. The van der Waals surface area contributed by atoms with Crippen molar-refractivity contribution in [3.8, 4) is 0 Å². The SMILES string of the molecule is Cc1cc(F)ccc1Cc1ccccc1Cl. The highest BCUT2D eigenvalue weighted by atomic mass is 35.5. The summed E-state index contributed by atoms with van der Waals surface area (Å²) >= 11 is 6.08. The largest absolute Gasteiger partial charge is 0.207 e. The lowest BCUT2D eigenvalue weighted by Gasteiger charge is -2.07. The van der Waals surface area contributed by atoms with E-state index in [0.717, 1.165) is 28.1 Å². The quantitative estimate of drug-likeness (QED) is 0.724. The maximum atomic E-state index is 12.9. The van der Waals surface area contributed by atoms with E-state index in [4.69, 9.17) is 11.6 Å². The van der Waals surface area contributed by atoms with Gasteiger partial charge in [0.1, 0.15) is 5.82 Å². The van der Waals surface area contributed by atoms with E-state index in [1.165, 1.54) is 6.07 Å². The van der Waals surface area contributed by atoms with Gasteiger partial charge < -0.3 is 0 Å². The Balaban J connectivity index is 2.31. The summed E-state index contributed by atoms with van der Waals surface area (Å²) in [6.07, 6.45) is 0.742. The number of benzene rings is 2. The van der Waals surface area contributed by atoms with Crippen LogP contribution in [0.1, 0.15) is 16.7 Å². The third kappa shape index (κ3) is 2.42. The Hall–Kier alpha value is -1.34. The van der Waals surface area contributed by atoms with Crippen LogP contribution in [0.15, 0.2) is 42.5 Å². The Morgan fingerprint density at radius 2 is 1.81 bits per heavy atom. The van der Waals surface area contributed by atoms with Crippen LogP contribution < -0.4 is 0 Å². The van der Waals surface area contributed by atoms with Crippen molar-refractivity contribution in [3.05, 3.63) is 70.0 Å². The average molecular weight is 235 g/mol. The number of hydrogen-bond acceptors (Lipinski definition) is 0. The van der Waals surface area contributed by atoms with Gasteiger partial charge in [0.2, 0.25) is 0 Å². The molecule has 82 valence electrons. The zero-order valence-electron chi connectivity index (χ0n) is 9.00. The highest BCUT2D eigenvalue weighted by Crippen LogP contribution is 2.21. The third-order valence-corrected chi connectivity index (χ3v) is 3.01. The molecule has 0 fully saturated rings. The van der Waals surface area contributed by atoms with Crippen LogP contribution in [0.3, 0.4) is 0 Å². The van der Waals surface area contributed by atoms with Gasteiger partial charge in [0, 0.05) is 5.02 Å². The summed E-state index contributed by atoms with van der Waals surface area (Å²) in [6.45, 7) is 1.91. The van der Waals surface area contributed by atoms with Crippen LogP contribution in [0, 0.1) is 12.7 Å². The topological polar surface area (TPSA) is 0 Å². The highest BCUT2D eigenvalue weighted by molar-refractivity contribution is 6.31. The van der Waals surface area contributed by atoms with Crippen molar-refractivity contribution in [2.45, 2.75) is 13.3 Å². The zero-order chi connectivity index (χ0) is 11.5. The molecular formula is C14H12ClF. The van der Waals surface area contributed by atoms with Crippen molar-refractivity contribution in [2.24, 2.45) is 0 Å². The summed E-state index contributed by atoms with van der Waals surface area (Å²) < 4.78 is 12.9. The van der Waals surface area contributed by atoms with Crippen LogP contribution in [0.25, 0.3) is 0 Å². The molecule has 0 N–H and O–H groups in total. The van der Waals surface area contributed by atoms with Gasteiger partial charge in [0.25, 0.3) is 0 Å². The lowest BCUT2D eigenvalue weighted by molar-refractivity contribution is 0.626. The maximum Gasteiger partial charge on any atom is 0.123 e. The molecule has 0 atom stereocenters. The monoisotopic (exact) mass is 234 g/mol. The van der Waals surface area contributed by atoms with E-state index in [1.807, 2.05) is 37.3 Å². The molecule has 0 saturated heterocycles. The molecule has 2 heteroatoms. The molecule has 0 aliphatic carbocycles. The first-order valence-electron chi connectivity index (χ1n) is 5.15. The van der Waals surface area contributed by atoms with Crippen LogP contribution in [0.2, 0.25) is 5.02 Å². The first kappa shape index (κ1) is 11.2. The van der Waals surface area contributed by atoms with E-state index in [0.29, 0.717) is 0 Å². The third-order valence-electron chi connectivity index (χ3n) is 2.64. The van der Waals surface area contributed by atoms with Crippen molar-refractivity contribution < 1.29 is 4.39 Å². The predicted molar refractivity (Wildman–Crippen MR) is 65.4 cm³/mol. The summed E-state index contributed by atoms with van der Waals surface area (Å²) in [5, 5.41) is 0.756. The molecule has 0 radical (unpaired) electrons. The van der Waals surface area contributed by atoms with Gasteiger partial charge in [-0.25, -0.2) is 4.39 Å². The Morgan fingerprint density at radius 3 is 2.50 bits per heavy atom. The Kier molecular flexibility index (Phi) is 3.25. The first-order valence-corrected chi connectivity index (χ1v) is 5.53. The molecule has 2 rings (SSSR count). The van der Waals surface area contributed by atoms with Gasteiger partial charge in [-0.15, -0.1) is 0 Å². The summed E-state index contributed by atoms with van der Waals surface area (Å²) in [5.41, 5.74) is 3.13. The zero-order valence-corrected chi connectivity index (χ0v) is 9.76. The maximum absolute atomic E-state index is 12.9. The summed E-state index contributed by atoms with van der Waals surface area (Å²) in [4.78, 5) is 0.